The molecule has 5 nitrogen and oxygen atoms in total. The number of carbonyl (C=O) groups is 2. The minimum absolute atomic E-state index is 0.0861. The van der Waals surface area contributed by atoms with Gasteiger partial charge in [0, 0.05) is 35.2 Å². The van der Waals surface area contributed by atoms with Crippen LogP contribution in [0.5, 0.6) is 0 Å². The van der Waals surface area contributed by atoms with Gasteiger partial charge in [-0.15, -0.1) is 0 Å². The quantitative estimate of drug-likeness (QED) is 0.472. The molecule has 1 aliphatic heterocycles. The van der Waals surface area contributed by atoms with Crippen molar-refractivity contribution in [1.29, 1.82) is 0 Å². The van der Waals surface area contributed by atoms with Crippen LogP contribution in [0.4, 0.5) is 16.2 Å². The molecule has 0 aliphatic carbocycles. The van der Waals surface area contributed by atoms with Crippen molar-refractivity contribution in [2.75, 3.05) is 23.3 Å². The number of halogens is 2. The van der Waals surface area contributed by atoms with E-state index in [1.54, 1.807) is 29.2 Å². The summed E-state index contributed by atoms with van der Waals surface area (Å²) in [6.45, 7) is 3.72. The van der Waals surface area contributed by atoms with Crippen molar-refractivity contribution < 1.29 is 9.59 Å². The zero-order valence-electron chi connectivity index (χ0n) is 17.6. The van der Waals surface area contributed by atoms with Crippen LogP contribution in [0.3, 0.4) is 0 Å². The predicted octanol–water partition coefficient (Wildman–Crippen LogP) is 6.39. The van der Waals surface area contributed by atoms with E-state index in [9.17, 15) is 9.59 Å². The lowest BCUT2D eigenvalue weighted by Gasteiger charge is -2.36. The van der Waals surface area contributed by atoms with Crippen molar-refractivity contribution in [3.63, 3.8) is 0 Å². The van der Waals surface area contributed by atoms with Crippen molar-refractivity contribution in [2.24, 2.45) is 0 Å². The van der Waals surface area contributed by atoms with Crippen LogP contribution in [0.1, 0.15) is 27.9 Å². The fourth-order valence-corrected chi connectivity index (χ4v) is 4.00. The number of anilines is 2. The van der Waals surface area contributed by atoms with Crippen LogP contribution >= 0.6 is 23.2 Å². The zero-order valence-corrected chi connectivity index (χ0v) is 19.2. The van der Waals surface area contributed by atoms with Crippen LogP contribution in [0.25, 0.3) is 0 Å². The number of hydrogen-bond acceptors (Lipinski definition) is 2. The van der Waals surface area contributed by atoms with Crippen LogP contribution in [-0.2, 0) is 6.54 Å². The van der Waals surface area contributed by atoms with Crippen LogP contribution in [-0.4, -0.2) is 29.9 Å². The summed E-state index contributed by atoms with van der Waals surface area (Å²) in [5.74, 6) is -0.254. The van der Waals surface area contributed by atoms with Crippen molar-refractivity contribution >= 4 is 46.5 Å². The molecule has 4 rings (SSSR count). The molecule has 0 bridgehead atoms. The van der Waals surface area contributed by atoms with E-state index >= 15 is 0 Å². The Morgan fingerprint density at radius 3 is 2.28 bits per heavy atom. The highest BCUT2D eigenvalue weighted by atomic mass is 35.5. The summed E-state index contributed by atoms with van der Waals surface area (Å²) in [4.78, 5) is 29.7. The molecule has 1 heterocycles. The first-order valence-corrected chi connectivity index (χ1v) is 11.1. The van der Waals surface area contributed by atoms with E-state index < -0.39 is 0 Å². The van der Waals surface area contributed by atoms with Gasteiger partial charge in [-0.2, -0.15) is 0 Å². The number of hydrogen-bond donors (Lipinski definition) is 1. The van der Waals surface area contributed by atoms with Gasteiger partial charge in [-0.1, -0.05) is 41.4 Å². The van der Waals surface area contributed by atoms with Gasteiger partial charge in [-0.05, 0) is 73.0 Å². The summed E-state index contributed by atoms with van der Waals surface area (Å²) in [5, 5.41) is 4.20. The van der Waals surface area contributed by atoms with E-state index in [1.807, 2.05) is 54.3 Å². The van der Waals surface area contributed by atoms with Gasteiger partial charge in [-0.3, -0.25) is 9.69 Å². The number of nitrogens with one attached hydrogen (secondary N) is 1. The fraction of sp³-hybridized carbons (Fsp3) is 0.200. The molecular formula is C25H23Cl2N3O2. The molecule has 32 heavy (non-hydrogen) atoms. The number of amides is 3. The van der Waals surface area contributed by atoms with Crippen LogP contribution in [0, 0.1) is 6.92 Å². The predicted molar refractivity (Wildman–Crippen MR) is 130 cm³/mol. The number of benzene rings is 3. The van der Waals surface area contributed by atoms with Gasteiger partial charge in [0.25, 0.3) is 5.91 Å². The maximum Gasteiger partial charge on any atom is 0.324 e. The van der Waals surface area contributed by atoms with Gasteiger partial charge in [0.1, 0.15) is 0 Å². The first-order chi connectivity index (χ1) is 15.4. The first kappa shape index (κ1) is 22.2. The molecule has 3 aromatic carbocycles. The lowest BCUT2D eigenvalue weighted by Crippen LogP contribution is -2.49. The summed E-state index contributed by atoms with van der Waals surface area (Å²) < 4.78 is 0. The third-order valence-corrected chi connectivity index (χ3v) is 5.90. The Morgan fingerprint density at radius 1 is 0.938 bits per heavy atom. The first-order valence-electron chi connectivity index (χ1n) is 10.4. The average molecular weight is 468 g/mol. The number of carbonyl (C=O) groups excluding carboxylic acids is 2. The molecule has 0 unspecified atom stereocenters. The highest BCUT2D eigenvalue weighted by Crippen LogP contribution is 2.31. The molecule has 0 saturated carbocycles. The van der Waals surface area contributed by atoms with E-state index in [0.717, 1.165) is 17.5 Å². The lowest BCUT2D eigenvalue weighted by atomic mass is 10.1. The van der Waals surface area contributed by atoms with Crippen LogP contribution < -0.4 is 10.2 Å². The van der Waals surface area contributed by atoms with Crippen LogP contribution in [0.2, 0.25) is 10.0 Å². The minimum atomic E-state index is -0.254. The fourth-order valence-electron chi connectivity index (χ4n) is 3.74. The lowest BCUT2D eigenvalue weighted by molar-refractivity contribution is 0.102. The average Bonchev–Trinajstić information content (AvgIpc) is 2.78. The van der Waals surface area contributed by atoms with Crippen molar-refractivity contribution in [2.45, 2.75) is 19.9 Å². The number of urea groups is 1. The van der Waals surface area contributed by atoms with Gasteiger partial charge in [-0.25, -0.2) is 4.79 Å². The smallest absolute Gasteiger partial charge is 0.320 e. The molecule has 1 aliphatic rings. The second kappa shape index (κ2) is 9.63. The topological polar surface area (TPSA) is 52.6 Å². The molecule has 1 saturated heterocycles. The molecule has 1 N–H and O–H groups in total. The van der Waals surface area contributed by atoms with Crippen molar-refractivity contribution in [3.05, 3.63) is 93.5 Å². The van der Waals surface area contributed by atoms with Gasteiger partial charge in [0.05, 0.1) is 11.4 Å². The normalized spacial score (nSPS) is 13.9. The highest BCUT2D eigenvalue weighted by Gasteiger charge is 2.28. The molecule has 0 aromatic heterocycles. The zero-order chi connectivity index (χ0) is 22.7. The summed E-state index contributed by atoms with van der Waals surface area (Å²) in [5.41, 5.74) is 3.79. The number of rotatable bonds is 5. The number of aryl methyl sites for hydroxylation is 1. The highest BCUT2D eigenvalue weighted by molar-refractivity contribution is 6.31. The van der Waals surface area contributed by atoms with E-state index in [1.165, 1.54) is 0 Å². The standard InChI is InChI=1S/C25H23Cl2N3O2/c1-17-3-12-23(22(15-17)28-24(31)19-6-10-21(27)11-7-19)30-14-2-13-29(25(30)32)16-18-4-8-20(26)9-5-18/h3-12,15H,2,13-14,16H2,1H3,(H,28,31). The molecule has 0 atom stereocenters. The Labute approximate surface area is 197 Å². The van der Waals surface area contributed by atoms with Crippen molar-refractivity contribution in [1.82, 2.24) is 4.90 Å². The van der Waals surface area contributed by atoms with Gasteiger partial charge < -0.3 is 10.2 Å². The third kappa shape index (κ3) is 5.06. The maximum atomic E-state index is 13.3. The Bertz CT molecular complexity index is 1130. The maximum absolute atomic E-state index is 13.3. The summed E-state index contributed by atoms with van der Waals surface area (Å²) in [6, 6.07) is 19.8. The Hall–Kier alpha value is -3.02. The van der Waals surface area contributed by atoms with E-state index in [0.29, 0.717) is 46.6 Å². The van der Waals surface area contributed by atoms with Gasteiger partial charge in [0.2, 0.25) is 0 Å². The number of nitrogens with zero attached hydrogens (tertiary/aromatic N) is 2. The Balaban J connectivity index is 1.56. The van der Waals surface area contributed by atoms with Gasteiger partial charge in [0.15, 0.2) is 0 Å². The van der Waals surface area contributed by atoms with E-state index in [4.69, 9.17) is 23.2 Å². The molecule has 3 aromatic rings. The minimum Gasteiger partial charge on any atom is -0.320 e. The SMILES string of the molecule is Cc1ccc(N2CCCN(Cc3ccc(Cl)cc3)C2=O)c(NC(=O)c2ccc(Cl)cc2)c1. The second-order valence-corrected chi connectivity index (χ2v) is 8.69. The molecule has 0 radical (unpaired) electrons. The van der Waals surface area contributed by atoms with Crippen molar-refractivity contribution in [3.8, 4) is 0 Å². The largest absolute Gasteiger partial charge is 0.324 e. The molecular weight excluding hydrogens is 445 g/mol. The molecule has 1 fully saturated rings. The summed E-state index contributed by atoms with van der Waals surface area (Å²) >= 11 is 11.9. The monoisotopic (exact) mass is 467 g/mol. The Morgan fingerprint density at radius 2 is 1.59 bits per heavy atom. The second-order valence-electron chi connectivity index (χ2n) is 7.82. The third-order valence-electron chi connectivity index (χ3n) is 5.40. The summed E-state index contributed by atoms with van der Waals surface area (Å²) in [6.07, 6.45) is 0.831. The molecule has 3 amide bonds. The molecule has 164 valence electrons. The summed E-state index contributed by atoms with van der Waals surface area (Å²) in [7, 11) is 0. The van der Waals surface area contributed by atoms with E-state index in [2.05, 4.69) is 5.32 Å². The molecule has 7 heteroatoms. The Kier molecular flexibility index (Phi) is 6.68. The van der Waals surface area contributed by atoms with E-state index in [-0.39, 0.29) is 11.9 Å². The van der Waals surface area contributed by atoms with Gasteiger partial charge >= 0.3 is 6.03 Å². The van der Waals surface area contributed by atoms with Crippen LogP contribution in [0.15, 0.2) is 66.7 Å². The molecule has 0 spiro atoms.